The average Bonchev–Trinajstić information content (AvgIpc) is 2.28. The van der Waals surface area contributed by atoms with Gasteiger partial charge in [-0.25, -0.2) is 8.78 Å². The predicted molar refractivity (Wildman–Crippen MR) is 64.0 cm³/mol. The standard InChI is InChI=1S/C12H13BrF2O2/c1-2-3-4-7(12(16)17)10-9(14)6-5-8(13)11(10)15/h5-7H,2-4H2,1H3,(H,16,17). The summed E-state index contributed by atoms with van der Waals surface area (Å²) in [4.78, 5) is 11.1. The Hall–Kier alpha value is -0.970. The van der Waals surface area contributed by atoms with E-state index in [-0.39, 0.29) is 16.5 Å². The second-order valence-corrected chi connectivity index (χ2v) is 4.64. The largest absolute Gasteiger partial charge is 0.481 e. The summed E-state index contributed by atoms with van der Waals surface area (Å²) in [5.74, 6) is -3.97. The molecular weight excluding hydrogens is 294 g/mol. The number of halogens is 3. The van der Waals surface area contributed by atoms with E-state index in [1.54, 1.807) is 0 Å². The third-order valence-corrected chi connectivity index (χ3v) is 3.18. The van der Waals surface area contributed by atoms with Crippen molar-refractivity contribution in [2.45, 2.75) is 32.1 Å². The van der Waals surface area contributed by atoms with Crippen LogP contribution in [0.4, 0.5) is 8.78 Å². The number of carboxylic acid groups (broad SMARTS) is 1. The molecule has 1 unspecified atom stereocenters. The predicted octanol–water partition coefficient (Wildman–Crippen LogP) is 4.09. The Balaban J connectivity index is 3.17. The van der Waals surface area contributed by atoms with E-state index in [9.17, 15) is 13.6 Å². The van der Waals surface area contributed by atoms with Gasteiger partial charge in [-0.05, 0) is 34.5 Å². The second-order valence-electron chi connectivity index (χ2n) is 3.79. The van der Waals surface area contributed by atoms with Gasteiger partial charge in [0.2, 0.25) is 0 Å². The van der Waals surface area contributed by atoms with Crippen LogP contribution in [0.2, 0.25) is 0 Å². The molecule has 1 N–H and O–H groups in total. The average molecular weight is 307 g/mol. The van der Waals surface area contributed by atoms with Gasteiger partial charge < -0.3 is 5.11 Å². The maximum absolute atomic E-state index is 13.7. The van der Waals surface area contributed by atoms with Crippen LogP contribution >= 0.6 is 15.9 Å². The van der Waals surface area contributed by atoms with Crippen molar-refractivity contribution in [1.29, 1.82) is 0 Å². The molecule has 0 amide bonds. The fraction of sp³-hybridized carbons (Fsp3) is 0.417. The maximum Gasteiger partial charge on any atom is 0.311 e. The van der Waals surface area contributed by atoms with Gasteiger partial charge >= 0.3 is 5.97 Å². The summed E-state index contributed by atoms with van der Waals surface area (Å²) in [6.45, 7) is 1.90. The van der Waals surface area contributed by atoms with E-state index in [1.807, 2.05) is 6.92 Å². The minimum atomic E-state index is -1.20. The highest BCUT2D eigenvalue weighted by Crippen LogP contribution is 2.31. The molecule has 0 spiro atoms. The van der Waals surface area contributed by atoms with E-state index >= 15 is 0 Å². The molecule has 0 aliphatic rings. The Morgan fingerprint density at radius 1 is 1.47 bits per heavy atom. The van der Waals surface area contributed by atoms with Crippen LogP contribution in [0.25, 0.3) is 0 Å². The lowest BCUT2D eigenvalue weighted by Crippen LogP contribution is -2.15. The Kier molecular flexibility index (Phi) is 5.05. The molecule has 17 heavy (non-hydrogen) atoms. The lowest BCUT2D eigenvalue weighted by molar-refractivity contribution is -0.139. The summed E-state index contributed by atoms with van der Waals surface area (Å²) in [5.41, 5.74) is -0.361. The topological polar surface area (TPSA) is 37.3 Å². The lowest BCUT2D eigenvalue weighted by atomic mass is 9.93. The maximum atomic E-state index is 13.7. The first-order valence-electron chi connectivity index (χ1n) is 5.35. The number of hydrogen-bond donors (Lipinski definition) is 1. The van der Waals surface area contributed by atoms with Crippen LogP contribution in [0.15, 0.2) is 16.6 Å². The van der Waals surface area contributed by atoms with E-state index < -0.39 is 23.5 Å². The molecule has 1 atom stereocenters. The first kappa shape index (κ1) is 14.1. The van der Waals surface area contributed by atoms with Crippen molar-refractivity contribution in [3.8, 4) is 0 Å². The van der Waals surface area contributed by atoms with Crippen molar-refractivity contribution >= 4 is 21.9 Å². The Bertz CT molecular complexity index is 421. The number of unbranched alkanes of at least 4 members (excludes halogenated alkanes) is 1. The van der Waals surface area contributed by atoms with Gasteiger partial charge in [0.15, 0.2) is 0 Å². The normalized spacial score (nSPS) is 12.5. The Labute approximate surface area is 107 Å². The summed E-state index contributed by atoms with van der Waals surface area (Å²) in [5, 5.41) is 9.04. The van der Waals surface area contributed by atoms with E-state index in [4.69, 9.17) is 5.11 Å². The summed E-state index contributed by atoms with van der Waals surface area (Å²) in [6.07, 6.45) is 1.62. The summed E-state index contributed by atoms with van der Waals surface area (Å²) < 4.78 is 27.4. The fourth-order valence-corrected chi connectivity index (χ4v) is 2.01. The van der Waals surface area contributed by atoms with Crippen LogP contribution < -0.4 is 0 Å². The zero-order chi connectivity index (χ0) is 13.0. The Morgan fingerprint density at radius 2 is 2.12 bits per heavy atom. The first-order chi connectivity index (χ1) is 7.99. The van der Waals surface area contributed by atoms with Gasteiger partial charge in [0.25, 0.3) is 0 Å². The van der Waals surface area contributed by atoms with Gasteiger partial charge in [0, 0.05) is 5.56 Å². The van der Waals surface area contributed by atoms with Crippen molar-refractivity contribution in [1.82, 2.24) is 0 Å². The molecule has 1 aromatic carbocycles. The molecule has 5 heteroatoms. The third-order valence-electron chi connectivity index (χ3n) is 2.57. The molecule has 94 valence electrons. The summed E-state index contributed by atoms with van der Waals surface area (Å²) >= 11 is 2.93. The minimum absolute atomic E-state index is 0.0802. The highest BCUT2D eigenvalue weighted by atomic mass is 79.9. The number of benzene rings is 1. The van der Waals surface area contributed by atoms with Crippen LogP contribution in [0, 0.1) is 11.6 Å². The highest BCUT2D eigenvalue weighted by Gasteiger charge is 2.27. The van der Waals surface area contributed by atoms with E-state index in [0.717, 1.165) is 12.5 Å². The zero-order valence-corrected chi connectivity index (χ0v) is 10.9. The molecule has 0 aliphatic heterocycles. The molecule has 0 saturated carbocycles. The van der Waals surface area contributed by atoms with Crippen molar-refractivity contribution in [2.24, 2.45) is 0 Å². The van der Waals surface area contributed by atoms with Crippen molar-refractivity contribution in [3.63, 3.8) is 0 Å². The van der Waals surface area contributed by atoms with Gasteiger partial charge in [-0.15, -0.1) is 0 Å². The molecule has 2 nitrogen and oxygen atoms in total. The minimum Gasteiger partial charge on any atom is -0.481 e. The van der Waals surface area contributed by atoms with Gasteiger partial charge in [-0.3, -0.25) is 4.79 Å². The number of carbonyl (C=O) groups is 1. The van der Waals surface area contributed by atoms with Crippen molar-refractivity contribution in [2.75, 3.05) is 0 Å². The van der Waals surface area contributed by atoms with Gasteiger partial charge in [-0.1, -0.05) is 19.8 Å². The molecule has 0 bridgehead atoms. The first-order valence-corrected chi connectivity index (χ1v) is 6.14. The molecule has 0 saturated heterocycles. The zero-order valence-electron chi connectivity index (χ0n) is 9.34. The molecule has 0 aromatic heterocycles. The summed E-state index contributed by atoms with van der Waals surface area (Å²) in [6, 6.07) is 2.30. The molecule has 0 heterocycles. The molecular formula is C12H13BrF2O2. The molecule has 1 rings (SSSR count). The number of aliphatic carboxylic acids is 1. The number of hydrogen-bond acceptors (Lipinski definition) is 1. The highest BCUT2D eigenvalue weighted by molar-refractivity contribution is 9.10. The fourth-order valence-electron chi connectivity index (χ4n) is 1.66. The monoisotopic (exact) mass is 306 g/mol. The summed E-state index contributed by atoms with van der Waals surface area (Å²) in [7, 11) is 0. The SMILES string of the molecule is CCCCC(C(=O)O)c1c(F)ccc(Br)c1F. The quantitative estimate of drug-likeness (QED) is 0.832. The van der Waals surface area contributed by atoms with Gasteiger partial charge in [0.1, 0.15) is 11.6 Å². The van der Waals surface area contributed by atoms with Crippen molar-refractivity contribution < 1.29 is 18.7 Å². The smallest absolute Gasteiger partial charge is 0.311 e. The number of rotatable bonds is 5. The third kappa shape index (κ3) is 3.25. The second kappa shape index (κ2) is 6.10. The lowest BCUT2D eigenvalue weighted by Gasteiger charge is -2.14. The van der Waals surface area contributed by atoms with Crippen molar-refractivity contribution in [3.05, 3.63) is 33.8 Å². The van der Waals surface area contributed by atoms with Gasteiger partial charge in [0.05, 0.1) is 10.4 Å². The van der Waals surface area contributed by atoms with E-state index in [2.05, 4.69) is 15.9 Å². The molecule has 0 radical (unpaired) electrons. The van der Waals surface area contributed by atoms with E-state index in [1.165, 1.54) is 6.07 Å². The van der Waals surface area contributed by atoms with Crippen LogP contribution in [0.5, 0.6) is 0 Å². The van der Waals surface area contributed by atoms with E-state index in [0.29, 0.717) is 6.42 Å². The Morgan fingerprint density at radius 3 is 2.65 bits per heavy atom. The van der Waals surface area contributed by atoms with Crippen LogP contribution in [0.1, 0.15) is 37.7 Å². The van der Waals surface area contributed by atoms with Gasteiger partial charge in [-0.2, -0.15) is 0 Å². The molecule has 1 aromatic rings. The molecule has 0 fully saturated rings. The number of carboxylic acids is 1. The molecule has 0 aliphatic carbocycles. The van der Waals surface area contributed by atoms with Crippen LogP contribution in [-0.2, 0) is 4.79 Å². The van der Waals surface area contributed by atoms with Crippen LogP contribution in [-0.4, -0.2) is 11.1 Å². The van der Waals surface area contributed by atoms with Crippen LogP contribution in [0.3, 0.4) is 0 Å².